The summed E-state index contributed by atoms with van der Waals surface area (Å²) in [5.41, 5.74) is 2.89. The molecule has 0 radical (unpaired) electrons. The zero-order chi connectivity index (χ0) is 14.0. The molecule has 4 nitrogen and oxygen atoms in total. The molecule has 0 aliphatic carbocycles. The third-order valence-corrected chi connectivity index (χ3v) is 3.42. The lowest BCUT2D eigenvalue weighted by atomic mass is 10.1. The summed E-state index contributed by atoms with van der Waals surface area (Å²) < 4.78 is 1.97. The monoisotopic (exact) mass is 259 g/mol. The van der Waals surface area contributed by atoms with Crippen LogP contribution in [0.3, 0.4) is 0 Å². The number of rotatable bonds is 4. The number of fused-ring (bicyclic) bond motifs is 1. The molecule has 0 aliphatic heterocycles. The average molecular weight is 259 g/mol. The summed E-state index contributed by atoms with van der Waals surface area (Å²) in [6.07, 6.45) is 0. The van der Waals surface area contributed by atoms with E-state index >= 15 is 0 Å². The molecule has 0 aliphatic rings. The molecule has 1 N–H and O–H groups in total. The molecule has 1 amide bonds. The Morgan fingerprint density at radius 1 is 1.32 bits per heavy atom. The molecule has 0 unspecified atom stereocenters. The number of aromatic nitrogens is 1. The minimum Gasteiger partial charge on any atom is -0.349 e. The maximum Gasteiger partial charge on any atom is 0.268 e. The summed E-state index contributed by atoms with van der Waals surface area (Å²) in [6, 6.07) is 8.10. The number of benzene rings is 1. The summed E-state index contributed by atoms with van der Waals surface area (Å²) in [5, 5.41) is 4.11. The predicted molar refractivity (Wildman–Crippen MR) is 78.5 cm³/mol. The topological polar surface area (TPSA) is 37.3 Å². The van der Waals surface area contributed by atoms with E-state index in [0.29, 0.717) is 6.54 Å². The van der Waals surface area contributed by atoms with Gasteiger partial charge in [0.1, 0.15) is 5.69 Å². The number of hydrogen-bond donors (Lipinski definition) is 1. The normalized spacial score (nSPS) is 11.2. The number of likely N-dealkylation sites (N-methyl/N-ethyl adjacent to an activating group) is 1. The third kappa shape index (κ3) is 2.63. The second-order valence-corrected chi connectivity index (χ2v) is 5.11. The molecule has 1 aromatic carbocycles. The summed E-state index contributed by atoms with van der Waals surface area (Å²) in [7, 11) is 5.93. The molecule has 2 aromatic rings. The van der Waals surface area contributed by atoms with Crippen molar-refractivity contribution in [2.45, 2.75) is 6.92 Å². The van der Waals surface area contributed by atoms with Crippen molar-refractivity contribution in [2.24, 2.45) is 7.05 Å². The SMILES string of the molecule is Cc1c(C(=O)NCCN(C)C)n(C)c2ccccc12. The van der Waals surface area contributed by atoms with Crippen molar-refractivity contribution in [1.29, 1.82) is 0 Å². The minimum absolute atomic E-state index is 0.00181. The fraction of sp³-hybridized carbons (Fsp3) is 0.400. The molecule has 19 heavy (non-hydrogen) atoms. The van der Waals surface area contributed by atoms with Gasteiger partial charge in [0.25, 0.3) is 5.91 Å². The highest BCUT2D eigenvalue weighted by atomic mass is 16.1. The van der Waals surface area contributed by atoms with Crippen molar-refractivity contribution in [3.05, 3.63) is 35.5 Å². The lowest BCUT2D eigenvalue weighted by Gasteiger charge is -2.11. The fourth-order valence-corrected chi connectivity index (χ4v) is 2.38. The average Bonchev–Trinajstić information content (AvgIpc) is 2.62. The number of nitrogens with zero attached hydrogens (tertiary/aromatic N) is 2. The maximum absolute atomic E-state index is 12.3. The smallest absolute Gasteiger partial charge is 0.268 e. The molecule has 4 heteroatoms. The first kappa shape index (κ1) is 13.6. The van der Waals surface area contributed by atoms with Crippen LogP contribution in [0.1, 0.15) is 16.1 Å². The molecule has 0 saturated carbocycles. The first-order valence-electron chi connectivity index (χ1n) is 6.49. The summed E-state index contributed by atoms with van der Waals surface area (Å²) in [4.78, 5) is 14.3. The van der Waals surface area contributed by atoms with Crippen molar-refractivity contribution < 1.29 is 4.79 Å². The molecule has 0 bridgehead atoms. The largest absolute Gasteiger partial charge is 0.349 e. The van der Waals surface area contributed by atoms with E-state index in [2.05, 4.69) is 16.3 Å². The van der Waals surface area contributed by atoms with Gasteiger partial charge in [0.15, 0.2) is 0 Å². The number of hydrogen-bond acceptors (Lipinski definition) is 2. The van der Waals surface area contributed by atoms with Gasteiger partial charge in [0.05, 0.1) is 0 Å². The number of carbonyl (C=O) groups is 1. The Kier molecular flexibility index (Phi) is 3.90. The Labute approximate surface area is 114 Å². The van der Waals surface area contributed by atoms with E-state index in [9.17, 15) is 4.79 Å². The van der Waals surface area contributed by atoms with Gasteiger partial charge in [-0.2, -0.15) is 0 Å². The van der Waals surface area contributed by atoms with E-state index < -0.39 is 0 Å². The van der Waals surface area contributed by atoms with E-state index in [1.807, 2.05) is 50.8 Å². The minimum atomic E-state index is -0.00181. The van der Waals surface area contributed by atoms with Gasteiger partial charge in [-0.3, -0.25) is 4.79 Å². The van der Waals surface area contributed by atoms with Crippen molar-refractivity contribution in [3.8, 4) is 0 Å². The number of carbonyl (C=O) groups excluding carboxylic acids is 1. The summed E-state index contributed by atoms with van der Waals surface area (Å²) in [6.45, 7) is 3.50. The van der Waals surface area contributed by atoms with Crippen molar-refractivity contribution in [2.75, 3.05) is 27.2 Å². The van der Waals surface area contributed by atoms with Gasteiger partial charge >= 0.3 is 0 Å². The quantitative estimate of drug-likeness (QED) is 0.908. The molecule has 0 fully saturated rings. The first-order chi connectivity index (χ1) is 9.02. The van der Waals surface area contributed by atoms with E-state index in [1.165, 1.54) is 0 Å². The van der Waals surface area contributed by atoms with Crippen LogP contribution in [-0.4, -0.2) is 42.6 Å². The summed E-state index contributed by atoms with van der Waals surface area (Å²) in [5.74, 6) is -0.00181. The zero-order valence-corrected chi connectivity index (χ0v) is 12.0. The van der Waals surface area contributed by atoms with E-state index in [0.717, 1.165) is 28.7 Å². The van der Waals surface area contributed by atoms with Gasteiger partial charge in [-0.05, 0) is 32.6 Å². The Bertz CT molecular complexity index is 560. The Morgan fingerprint density at radius 2 is 2.00 bits per heavy atom. The van der Waals surface area contributed by atoms with Crippen LogP contribution in [0.25, 0.3) is 10.9 Å². The van der Waals surface area contributed by atoms with Crippen LogP contribution in [0.2, 0.25) is 0 Å². The van der Waals surface area contributed by atoms with Crippen LogP contribution < -0.4 is 5.32 Å². The molecular formula is C15H21N3O. The van der Waals surface area contributed by atoms with Crippen molar-refractivity contribution >= 4 is 16.8 Å². The van der Waals surface area contributed by atoms with Gasteiger partial charge in [-0.25, -0.2) is 0 Å². The van der Waals surface area contributed by atoms with Crippen LogP contribution in [-0.2, 0) is 7.05 Å². The van der Waals surface area contributed by atoms with Crippen molar-refractivity contribution in [3.63, 3.8) is 0 Å². The zero-order valence-electron chi connectivity index (χ0n) is 12.0. The second kappa shape index (κ2) is 5.45. The molecule has 0 atom stereocenters. The third-order valence-electron chi connectivity index (χ3n) is 3.42. The van der Waals surface area contributed by atoms with Gasteiger partial charge in [-0.1, -0.05) is 18.2 Å². The molecule has 1 heterocycles. The van der Waals surface area contributed by atoms with Gasteiger partial charge in [0, 0.05) is 31.0 Å². The van der Waals surface area contributed by atoms with Crippen LogP contribution in [0.4, 0.5) is 0 Å². The van der Waals surface area contributed by atoms with Gasteiger partial charge in [0.2, 0.25) is 0 Å². The molecule has 1 aromatic heterocycles. The van der Waals surface area contributed by atoms with Crippen LogP contribution in [0.15, 0.2) is 24.3 Å². The molecule has 102 valence electrons. The molecule has 2 rings (SSSR count). The van der Waals surface area contributed by atoms with Crippen LogP contribution in [0, 0.1) is 6.92 Å². The van der Waals surface area contributed by atoms with Crippen molar-refractivity contribution in [1.82, 2.24) is 14.8 Å². The molecule has 0 saturated heterocycles. The number of nitrogens with one attached hydrogen (secondary N) is 1. The van der Waals surface area contributed by atoms with Crippen LogP contribution in [0.5, 0.6) is 0 Å². The number of amides is 1. The first-order valence-corrected chi connectivity index (χ1v) is 6.49. The number of aryl methyl sites for hydroxylation is 2. The lowest BCUT2D eigenvalue weighted by Crippen LogP contribution is -2.32. The van der Waals surface area contributed by atoms with E-state index in [-0.39, 0.29) is 5.91 Å². The highest BCUT2D eigenvalue weighted by molar-refractivity contribution is 6.01. The Hall–Kier alpha value is -1.81. The van der Waals surface area contributed by atoms with E-state index in [4.69, 9.17) is 0 Å². The van der Waals surface area contributed by atoms with E-state index in [1.54, 1.807) is 0 Å². The Morgan fingerprint density at radius 3 is 2.63 bits per heavy atom. The standard InChI is InChI=1S/C15H21N3O/c1-11-12-7-5-6-8-13(12)18(4)14(11)15(19)16-9-10-17(2)3/h5-8H,9-10H2,1-4H3,(H,16,19). The molecular weight excluding hydrogens is 238 g/mol. The van der Waals surface area contributed by atoms with Gasteiger partial charge < -0.3 is 14.8 Å². The molecule has 0 spiro atoms. The lowest BCUT2D eigenvalue weighted by molar-refractivity contribution is 0.0942. The summed E-state index contributed by atoms with van der Waals surface area (Å²) >= 11 is 0. The number of para-hydroxylation sites is 1. The second-order valence-electron chi connectivity index (χ2n) is 5.11. The fourth-order valence-electron chi connectivity index (χ4n) is 2.38. The maximum atomic E-state index is 12.3. The highest BCUT2D eigenvalue weighted by Gasteiger charge is 2.17. The van der Waals surface area contributed by atoms with Crippen LogP contribution >= 0.6 is 0 Å². The predicted octanol–water partition coefficient (Wildman–Crippen LogP) is 1.78. The Balaban J connectivity index is 2.27. The van der Waals surface area contributed by atoms with Gasteiger partial charge in [-0.15, -0.1) is 0 Å². The highest BCUT2D eigenvalue weighted by Crippen LogP contribution is 2.24.